The third kappa shape index (κ3) is 5.39. The summed E-state index contributed by atoms with van der Waals surface area (Å²) in [7, 11) is 0. The van der Waals surface area contributed by atoms with Gasteiger partial charge < -0.3 is 9.30 Å². The Morgan fingerprint density at radius 1 is 0.914 bits per heavy atom. The first-order chi connectivity index (χ1) is 17.0. The number of rotatable bonds is 7. The Morgan fingerprint density at radius 3 is 2.43 bits per heavy atom. The maximum absolute atomic E-state index is 13.0. The van der Waals surface area contributed by atoms with E-state index in [1.807, 2.05) is 66.9 Å². The Bertz CT molecular complexity index is 1430. The average molecular weight is 612 g/mol. The van der Waals surface area contributed by atoms with Crippen molar-refractivity contribution in [2.24, 2.45) is 0 Å². The highest BCUT2D eigenvalue weighted by Crippen LogP contribution is 2.35. The predicted molar refractivity (Wildman–Crippen MR) is 147 cm³/mol. The van der Waals surface area contributed by atoms with Crippen LogP contribution in [0.25, 0.3) is 17.0 Å². The Balaban J connectivity index is 1.38. The van der Waals surface area contributed by atoms with E-state index in [9.17, 15) is 9.59 Å². The van der Waals surface area contributed by atoms with Gasteiger partial charge in [0, 0.05) is 38.2 Å². The van der Waals surface area contributed by atoms with Gasteiger partial charge in [-0.3, -0.25) is 14.5 Å². The fraction of sp³-hybridized carbons (Fsp3) is 0.111. The van der Waals surface area contributed by atoms with Crippen LogP contribution in [0.1, 0.15) is 11.1 Å². The quantitative estimate of drug-likeness (QED) is 0.205. The topological polar surface area (TPSA) is 51.5 Å². The minimum atomic E-state index is -0.291. The number of aromatic nitrogens is 1. The van der Waals surface area contributed by atoms with E-state index in [2.05, 4.69) is 54.6 Å². The highest BCUT2D eigenvalue weighted by atomic mass is 79.9. The van der Waals surface area contributed by atoms with E-state index in [1.54, 1.807) is 0 Å². The number of carbonyl (C=O) groups excluding carboxylic acids is 2. The minimum Gasteiger partial charge on any atom is -0.492 e. The molecular weight excluding hydrogens is 592 g/mol. The summed E-state index contributed by atoms with van der Waals surface area (Å²) in [5.74, 6) is 0.416. The normalized spacial score (nSPS) is 14.9. The van der Waals surface area contributed by atoms with E-state index >= 15 is 0 Å². The van der Waals surface area contributed by atoms with Gasteiger partial charge in [0.1, 0.15) is 12.4 Å². The number of halogens is 2. The Morgan fingerprint density at radius 2 is 1.66 bits per heavy atom. The number of nitrogens with zero attached hydrogens (tertiary/aromatic N) is 2. The first kappa shape index (κ1) is 23.9. The summed E-state index contributed by atoms with van der Waals surface area (Å²) in [6, 6.07) is 23.7. The number of hydrogen-bond donors (Lipinski definition) is 0. The maximum Gasteiger partial charge on any atom is 0.293 e. The van der Waals surface area contributed by atoms with Crippen molar-refractivity contribution in [2.45, 2.75) is 6.54 Å². The second-order valence-electron chi connectivity index (χ2n) is 8.00. The molecule has 5 nitrogen and oxygen atoms in total. The third-order valence-electron chi connectivity index (χ3n) is 5.63. The number of ether oxygens (including phenoxy) is 1. The standard InChI is InChI=1S/C27H20Br2N2O3S/c28-20-8-6-18(7-9-20)16-30-17-19(23-15-21(29)10-11-24(23)30)14-25-26(32)31(27(33)35-25)12-13-34-22-4-2-1-3-5-22/h1-11,14-15,17H,12-13,16H2/b25-14-. The summed E-state index contributed by atoms with van der Waals surface area (Å²) in [5.41, 5.74) is 3.11. The fourth-order valence-corrected chi connectivity index (χ4v) is 5.42. The molecule has 1 aromatic heterocycles. The molecule has 0 saturated carbocycles. The van der Waals surface area contributed by atoms with Crippen LogP contribution in [0, 0.1) is 0 Å². The second kappa shape index (κ2) is 10.4. The molecule has 0 N–H and O–H groups in total. The number of fused-ring (bicyclic) bond motifs is 1. The summed E-state index contributed by atoms with van der Waals surface area (Å²) >= 11 is 8.01. The SMILES string of the molecule is O=C1S/C(=C\c2cn(Cc3ccc(Br)cc3)c3ccc(Br)cc23)C(=O)N1CCOc1ccccc1. The molecule has 35 heavy (non-hydrogen) atoms. The molecule has 0 spiro atoms. The first-order valence-corrected chi connectivity index (χ1v) is 13.3. The molecule has 0 aliphatic carbocycles. The summed E-state index contributed by atoms with van der Waals surface area (Å²) in [6.45, 7) is 1.14. The second-order valence-corrected chi connectivity index (χ2v) is 10.8. The number of hydrogen-bond acceptors (Lipinski definition) is 4. The van der Waals surface area contributed by atoms with Crippen molar-refractivity contribution < 1.29 is 14.3 Å². The molecule has 2 heterocycles. The highest BCUT2D eigenvalue weighted by molar-refractivity contribution is 9.10. The smallest absolute Gasteiger partial charge is 0.293 e. The van der Waals surface area contributed by atoms with Crippen molar-refractivity contribution in [3.05, 3.63) is 104 Å². The van der Waals surface area contributed by atoms with Crippen LogP contribution in [-0.2, 0) is 11.3 Å². The van der Waals surface area contributed by atoms with Crippen LogP contribution in [0.15, 0.2) is 92.8 Å². The fourth-order valence-electron chi connectivity index (χ4n) is 3.93. The largest absolute Gasteiger partial charge is 0.492 e. The van der Waals surface area contributed by atoms with Crippen molar-refractivity contribution in [2.75, 3.05) is 13.2 Å². The lowest BCUT2D eigenvalue weighted by molar-refractivity contribution is -0.123. The summed E-state index contributed by atoms with van der Waals surface area (Å²) in [5, 5.41) is 0.730. The van der Waals surface area contributed by atoms with Crippen molar-refractivity contribution in [3.8, 4) is 5.75 Å². The molecule has 0 radical (unpaired) electrons. The van der Waals surface area contributed by atoms with Crippen LogP contribution in [0.4, 0.5) is 4.79 Å². The Hall–Kier alpha value is -2.81. The molecule has 2 amide bonds. The molecule has 1 fully saturated rings. The minimum absolute atomic E-state index is 0.202. The summed E-state index contributed by atoms with van der Waals surface area (Å²) < 4.78 is 9.82. The number of thioether (sulfide) groups is 1. The monoisotopic (exact) mass is 610 g/mol. The van der Waals surface area contributed by atoms with Gasteiger partial charge in [-0.1, -0.05) is 62.2 Å². The van der Waals surface area contributed by atoms with Crippen LogP contribution in [0.2, 0.25) is 0 Å². The average Bonchev–Trinajstić information content (AvgIpc) is 3.32. The van der Waals surface area contributed by atoms with E-state index in [0.29, 0.717) is 17.2 Å². The molecular formula is C27H20Br2N2O3S. The first-order valence-electron chi connectivity index (χ1n) is 10.9. The Labute approximate surface area is 224 Å². The van der Waals surface area contributed by atoms with E-state index in [-0.39, 0.29) is 24.3 Å². The zero-order valence-electron chi connectivity index (χ0n) is 18.5. The molecule has 176 valence electrons. The van der Waals surface area contributed by atoms with Gasteiger partial charge in [0.15, 0.2) is 0 Å². The molecule has 1 aliphatic heterocycles. The van der Waals surface area contributed by atoms with E-state index in [4.69, 9.17) is 4.74 Å². The Kier molecular flexibility index (Phi) is 7.13. The number of carbonyl (C=O) groups is 2. The van der Waals surface area contributed by atoms with Gasteiger partial charge >= 0.3 is 0 Å². The van der Waals surface area contributed by atoms with Gasteiger partial charge in [0.05, 0.1) is 11.4 Å². The highest BCUT2D eigenvalue weighted by Gasteiger charge is 2.35. The van der Waals surface area contributed by atoms with Crippen molar-refractivity contribution in [3.63, 3.8) is 0 Å². The van der Waals surface area contributed by atoms with Gasteiger partial charge in [-0.25, -0.2) is 0 Å². The zero-order valence-corrected chi connectivity index (χ0v) is 22.5. The van der Waals surface area contributed by atoms with E-state index in [0.717, 1.165) is 37.2 Å². The molecule has 1 saturated heterocycles. The zero-order chi connectivity index (χ0) is 24.4. The lowest BCUT2D eigenvalue weighted by Crippen LogP contribution is -2.32. The summed E-state index contributed by atoms with van der Waals surface area (Å²) in [6.07, 6.45) is 3.85. The molecule has 1 aliphatic rings. The van der Waals surface area contributed by atoms with E-state index in [1.165, 1.54) is 10.5 Å². The van der Waals surface area contributed by atoms with E-state index < -0.39 is 0 Å². The lowest BCUT2D eigenvalue weighted by Gasteiger charge is -2.13. The van der Waals surface area contributed by atoms with Crippen LogP contribution < -0.4 is 4.74 Å². The molecule has 0 unspecified atom stereocenters. The van der Waals surface area contributed by atoms with Crippen LogP contribution >= 0.6 is 43.6 Å². The predicted octanol–water partition coefficient (Wildman–Crippen LogP) is 7.33. The van der Waals surface area contributed by atoms with Gasteiger partial charge in [0.2, 0.25) is 0 Å². The molecule has 4 aromatic rings. The summed E-state index contributed by atoms with van der Waals surface area (Å²) in [4.78, 5) is 27.3. The maximum atomic E-state index is 13.0. The van der Waals surface area contributed by atoms with Crippen LogP contribution in [0.5, 0.6) is 5.75 Å². The molecule has 8 heteroatoms. The van der Waals surface area contributed by atoms with Gasteiger partial charge in [0.25, 0.3) is 11.1 Å². The van der Waals surface area contributed by atoms with Crippen LogP contribution in [0.3, 0.4) is 0 Å². The number of para-hydroxylation sites is 1. The molecule has 3 aromatic carbocycles. The van der Waals surface area contributed by atoms with Crippen molar-refractivity contribution in [1.29, 1.82) is 0 Å². The number of amides is 2. The molecule has 0 atom stereocenters. The molecule has 5 rings (SSSR count). The van der Waals surface area contributed by atoms with Crippen molar-refractivity contribution >= 4 is 71.7 Å². The van der Waals surface area contributed by atoms with Crippen molar-refractivity contribution in [1.82, 2.24) is 9.47 Å². The van der Waals surface area contributed by atoms with Gasteiger partial charge in [-0.05, 0) is 65.9 Å². The molecule has 0 bridgehead atoms. The number of imide groups is 1. The van der Waals surface area contributed by atoms with Gasteiger partial charge in [-0.2, -0.15) is 0 Å². The third-order valence-corrected chi connectivity index (χ3v) is 7.56. The number of benzene rings is 3. The van der Waals surface area contributed by atoms with Gasteiger partial charge in [-0.15, -0.1) is 0 Å². The van der Waals surface area contributed by atoms with Crippen LogP contribution in [-0.4, -0.2) is 33.8 Å². The lowest BCUT2D eigenvalue weighted by atomic mass is 10.1.